The lowest BCUT2D eigenvalue weighted by atomic mass is 10.1. The van der Waals surface area contributed by atoms with Gasteiger partial charge in [0.1, 0.15) is 0 Å². The average Bonchev–Trinajstić information content (AvgIpc) is 3.30. The highest BCUT2D eigenvalue weighted by Crippen LogP contribution is 2.30. The number of carbonyl (C=O) groups excluding carboxylic acids is 1. The largest absolute Gasteiger partial charge is 0.296 e. The van der Waals surface area contributed by atoms with Gasteiger partial charge in [0, 0.05) is 21.4 Å². The lowest BCUT2D eigenvalue weighted by Gasteiger charge is -2.11. The van der Waals surface area contributed by atoms with Crippen LogP contribution in [-0.4, -0.2) is 20.7 Å². The lowest BCUT2D eigenvalue weighted by Crippen LogP contribution is -2.28. The summed E-state index contributed by atoms with van der Waals surface area (Å²) >= 11 is 7.56. The molecule has 0 radical (unpaired) electrons. The smallest absolute Gasteiger partial charge is 0.278 e. The van der Waals surface area contributed by atoms with Crippen molar-refractivity contribution in [3.8, 4) is 11.3 Å². The molecule has 5 rings (SSSR count). The molecule has 2 heterocycles. The fourth-order valence-electron chi connectivity index (χ4n) is 3.55. The maximum absolute atomic E-state index is 13.2. The number of carbonyl (C=O) groups is 1. The summed E-state index contributed by atoms with van der Waals surface area (Å²) in [4.78, 5) is 30.7. The number of nitrogens with one attached hydrogen (secondary N) is 1. The first kappa shape index (κ1) is 21.1. The van der Waals surface area contributed by atoms with Crippen molar-refractivity contribution < 1.29 is 4.79 Å². The maximum Gasteiger partial charge on any atom is 0.278 e. The quantitative estimate of drug-likeness (QED) is 0.367. The third-order valence-corrected chi connectivity index (χ3v) is 6.22. The van der Waals surface area contributed by atoms with Gasteiger partial charge < -0.3 is 0 Å². The topological polar surface area (TPSA) is 76.9 Å². The Balaban J connectivity index is 1.50. The van der Waals surface area contributed by atoms with Crippen LogP contribution in [0.5, 0.6) is 0 Å². The number of nitrogens with zero attached hydrogens (tertiary/aromatic N) is 3. The van der Waals surface area contributed by atoms with Crippen molar-refractivity contribution in [3.63, 3.8) is 0 Å². The molecule has 5 aromatic rings. The van der Waals surface area contributed by atoms with Crippen LogP contribution in [-0.2, 0) is 6.54 Å². The molecule has 162 valence electrons. The number of benzene rings is 3. The van der Waals surface area contributed by atoms with E-state index in [1.54, 1.807) is 30.3 Å². The molecule has 0 saturated carbocycles. The second-order valence-electron chi connectivity index (χ2n) is 7.31. The highest BCUT2D eigenvalue weighted by molar-refractivity contribution is 7.14. The van der Waals surface area contributed by atoms with E-state index in [1.165, 1.54) is 16.0 Å². The summed E-state index contributed by atoms with van der Waals surface area (Å²) in [5.74, 6) is -0.437. The lowest BCUT2D eigenvalue weighted by molar-refractivity contribution is 0.102. The average molecular weight is 473 g/mol. The molecule has 0 atom stereocenters. The minimum absolute atomic E-state index is 0.163. The number of rotatable bonds is 5. The third kappa shape index (κ3) is 4.28. The van der Waals surface area contributed by atoms with Gasteiger partial charge in [0.2, 0.25) is 0 Å². The van der Waals surface area contributed by atoms with Crippen LogP contribution >= 0.6 is 22.9 Å². The van der Waals surface area contributed by atoms with Crippen molar-refractivity contribution in [1.82, 2.24) is 14.8 Å². The standard InChI is InChI=1S/C25H17ClN4O2S/c26-20-13-7-6-12-19(20)21-15-33-25(27-21)28-23(31)22-17-10-4-5-11-18(17)24(32)30(29-22)14-16-8-2-1-3-9-16/h1-13,15H,14H2,(H,27,28,31). The zero-order chi connectivity index (χ0) is 22.8. The van der Waals surface area contributed by atoms with Crippen LogP contribution in [0.15, 0.2) is 89.0 Å². The van der Waals surface area contributed by atoms with Gasteiger partial charge in [0.25, 0.3) is 11.5 Å². The minimum atomic E-state index is -0.437. The second-order valence-corrected chi connectivity index (χ2v) is 8.58. The van der Waals surface area contributed by atoms with E-state index in [-0.39, 0.29) is 17.8 Å². The maximum atomic E-state index is 13.2. The Kier molecular flexibility index (Phi) is 5.73. The zero-order valence-electron chi connectivity index (χ0n) is 17.2. The summed E-state index contributed by atoms with van der Waals surface area (Å²) in [6.07, 6.45) is 0. The van der Waals surface area contributed by atoms with Crippen LogP contribution in [0.2, 0.25) is 5.02 Å². The van der Waals surface area contributed by atoms with Crippen LogP contribution in [0.25, 0.3) is 22.0 Å². The van der Waals surface area contributed by atoms with Gasteiger partial charge in [-0.25, -0.2) is 9.67 Å². The molecular formula is C25H17ClN4O2S. The van der Waals surface area contributed by atoms with Crippen LogP contribution in [0.3, 0.4) is 0 Å². The van der Waals surface area contributed by atoms with Gasteiger partial charge in [-0.15, -0.1) is 11.3 Å². The molecule has 0 aliphatic heterocycles. The molecule has 2 aromatic heterocycles. The zero-order valence-corrected chi connectivity index (χ0v) is 18.8. The predicted molar refractivity (Wildman–Crippen MR) is 132 cm³/mol. The molecular weight excluding hydrogens is 456 g/mol. The fraction of sp³-hybridized carbons (Fsp3) is 0.0400. The Morgan fingerprint density at radius 2 is 1.64 bits per heavy atom. The highest BCUT2D eigenvalue weighted by Gasteiger charge is 2.18. The second kappa shape index (κ2) is 8.97. The van der Waals surface area contributed by atoms with Crippen molar-refractivity contribution in [3.05, 3.63) is 111 Å². The van der Waals surface area contributed by atoms with E-state index < -0.39 is 5.91 Å². The highest BCUT2D eigenvalue weighted by atomic mass is 35.5. The molecule has 0 spiro atoms. The summed E-state index contributed by atoms with van der Waals surface area (Å²) in [5.41, 5.74) is 2.29. The van der Waals surface area contributed by atoms with Gasteiger partial charge in [-0.3, -0.25) is 14.9 Å². The predicted octanol–water partition coefficient (Wildman–Crippen LogP) is 5.47. The van der Waals surface area contributed by atoms with Crippen molar-refractivity contribution >= 4 is 44.7 Å². The normalized spacial score (nSPS) is 10.9. The molecule has 0 unspecified atom stereocenters. The first-order valence-corrected chi connectivity index (χ1v) is 11.4. The summed E-state index contributed by atoms with van der Waals surface area (Å²) in [5, 5.41) is 11.0. The van der Waals surface area contributed by atoms with E-state index in [2.05, 4.69) is 15.4 Å². The van der Waals surface area contributed by atoms with E-state index in [4.69, 9.17) is 11.6 Å². The van der Waals surface area contributed by atoms with Crippen molar-refractivity contribution in [1.29, 1.82) is 0 Å². The van der Waals surface area contributed by atoms with Crippen molar-refractivity contribution in [2.45, 2.75) is 6.54 Å². The van der Waals surface area contributed by atoms with Gasteiger partial charge in [-0.2, -0.15) is 5.10 Å². The summed E-state index contributed by atoms with van der Waals surface area (Å²) in [6, 6.07) is 23.9. The van der Waals surface area contributed by atoms with E-state index in [0.717, 1.165) is 11.1 Å². The van der Waals surface area contributed by atoms with Crippen LogP contribution in [0, 0.1) is 0 Å². The van der Waals surface area contributed by atoms with E-state index in [9.17, 15) is 9.59 Å². The number of amides is 1. The van der Waals surface area contributed by atoms with Crippen molar-refractivity contribution in [2.75, 3.05) is 5.32 Å². The van der Waals surface area contributed by atoms with Gasteiger partial charge in [-0.1, -0.05) is 78.3 Å². The van der Waals surface area contributed by atoms with E-state index >= 15 is 0 Å². The van der Waals surface area contributed by atoms with Gasteiger partial charge in [0.15, 0.2) is 10.8 Å². The molecule has 0 aliphatic rings. The number of halogens is 1. The van der Waals surface area contributed by atoms with Crippen molar-refractivity contribution in [2.24, 2.45) is 0 Å². The molecule has 3 aromatic carbocycles. The first-order valence-electron chi connectivity index (χ1n) is 10.2. The SMILES string of the molecule is O=C(Nc1nc(-c2ccccc2Cl)cs1)c1nn(Cc2ccccc2)c(=O)c2ccccc12. The Labute approximate surface area is 198 Å². The molecule has 0 aliphatic carbocycles. The molecule has 6 nitrogen and oxygen atoms in total. The van der Waals surface area contributed by atoms with Crippen LogP contribution < -0.4 is 10.9 Å². The van der Waals surface area contributed by atoms with Gasteiger partial charge in [-0.05, 0) is 17.7 Å². The third-order valence-electron chi connectivity index (χ3n) is 5.13. The molecule has 0 bridgehead atoms. The molecule has 8 heteroatoms. The summed E-state index contributed by atoms with van der Waals surface area (Å²) in [7, 11) is 0. The number of hydrogen-bond acceptors (Lipinski definition) is 5. The number of hydrogen-bond donors (Lipinski definition) is 1. The van der Waals surface area contributed by atoms with E-state index in [0.29, 0.717) is 26.6 Å². The fourth-order valence-corrected chi connectivity index (χ4v) is 4.48. The van der Waals surface area contributed by atoms with Crippen LogP contribution in [0.4, 0.5) is 5.13 Å². The Bertz CT molecular complexity index is 1530. The molecule has 0 saturated heterocycles. The monoisotopic (exact) mass is 472 g/mol. The molecule has 33 heavy (non-hydrogen) atoms. The summed E-state index contributed by atoms with van der Waals surface area (Å²) in [6.45, 7) is 0.263. The van der Waals surface area contributed by atoms with Crippen LogP contribution in [0.1, 0.15) is 16.1 Å². The van der Waals surface area contributed by atoms with Gasteiger partial charge >= 0.3 is 0 Å². The first-order chi connectivity index (χ1) is 16.1. The summed E-state index contributed by atoms with van der Waals surface area (Å²) < 4.78 is 1.32. The number of fused-ring (bicyclic) bond motifs is 1. The minimum Gasteiger partial charge on any atom is -0.296 e. The molecule has 0 fully saturated rings. The Morgan fingerprint density at radius 1 is 0.939 bits per heavy atom. The van der Waals surface area contributed by atoms with E-state index in [1.807, 2.05) is 53.9 Å². The van der Waals surface area contributed by atoms with Gasteiger partial charge in [0.05, 0.1) is 17.6 Å². The number of thiazole rings is 1. The number of aromatic nitrogens is 3. The molecule has 1 N–H and O–H groups in total. The molecule has 1 amide bonds. The number of anilines is 1. The Hall–Kier alpha value is -3.81. The Morgan fingerprint density at radius 3 is 2.42 bits per heavy atom.